The molecular weight excluding hydrogens is 289 g/mol. The molecule has 1 unspecified atom stereocenters. The Balaban J connectivity index is 2.38. The van der Waals surface area contributed by atoms with Crippen LogP contribution in [0.5, 0.6) is 0 Å². The van der Waals surface area contributed by atoms with E-state index in [0.29, 0.717) is 12.1 Å². The zero-order valence-corrected chi connectivity index (χ0v) is 12.2. The van der Waals surface area contributed by atoms with Crippen molar-refractivity contribution in [2.75, 3.05) is 18.1 Å². The fourth-order valence-electron chi connectivity index (χ4n) is 2.05. The monoisotopic (exact) mass is 305 g/mol. The van der Waals surface area contributed by atoms with E-state index in [4.69, 9.17) is 5.11 Å². The maximum atomic E-state index is 13.9. The molecule has 1 aromatic carbocycles. The minimum absolute atomic E-state index is 0.138. The first kappa shape index (κ1) is 14.8. The van der Waals surface area contributed by atoms with Crippen LogP contribution < -0.4 is 0 Å². The van der Waals surface area contributed by atoms with Crippen molar-refractivity contribution >= 4 is 21.8 Å². The van der Waals surface area contributed by atoms with E-state index in [9.17, 15) is 12.8 Å². The molecule has 0 bridgehead atoms. The maximum absolute atomic E-state index is 13.9. The number of benzene rings is 1. The van der Waals surface area contributed by atoms with E-state index < -0.39 is 15.8 Å². The summed E-state index contributed by atoms with van der Waals surface area (Å²) in [6.45, 7) is 1.91. The fraction of sp³-hybridized carbons (Fsp3) is 0.500. The van der Waals surface area contributed by atoms with Gasteiger partial charge in [0.2, 0.25) is 10.0 Å². The van der Waals surface area contributed by atoms with Crippen molar-refractivity contribution in [3.63, 3.8) is 0 Å². The molecule has 106 valence electrons. The number of halogens is 1. The predicted octanol–water partition coefficient (Wildman–Crippen LogP) is 1.44. The molecule has 19 heavy (non-hydrogen) atoms. The van der Waals surface area contributed by atoms with Crippen molar-refractivity contribution in [2.45, 2.75) is 24.5 Å². The second kappa shape index (κ2) is 5.78. The summed E-state index contributed by atoms with van der Waals surface area (Å²) in [4.78, 5) is -0.316. The van der Waals surface area contributed by atoms with E-state index in [1.54, 1.807) is 11.8 Å². The van der Waals surface area contributed by atoms with Crippen LogP contribution in [0.3, 0.4) is 0 Å². The lowest BCUT2D eigenvalue weighted by Gasteiger charge is -2.32. The summed E-state index contributed by atoms with van der Waals surface area (Å²) >= 11 is 1.70. The molecule has 1 aliphatic rings. The second-order valence-electron chi connectivity index (χ2n) is 4.46. The van der Waals surface area contributed by atoms with Crippen LogP contribution in [-0.2, 0) is 16.6 Å². The summed E-state index contributed by atoms with van der Waals surface area (Å²) in [7, 11) is -3.80. The van der Waals surface area contributed by atoms with Crippen molar-refractivity contribution in [3.05, 3.63) is 29.6 Å². The summed E-state index contributed by atoms with van der Waals surface area (Å²) in [5.74, 6) is 0.632. The van der Waals surface area contributed by atoms with E-state index in [1.807, 2.05) is 6.92 Å². The molecule has 1 N–H and O–H groups in total. The van der Waals surface area contributed by atoms with E-state index >= 15 is 0 Å². The van der Waals surface area contributed by atoms with Crippen LogP contribution in [0.2, 0.25) is 0 Å². The number of aliphatic hydroxyl groups is 1. The first-order valence-electron chi connectivity index (χ1n) is 5.95. The van der Waals surface area contributed by atoms with Gasteiger partial charge >= 0.3 is 0 Å². The molecule has 0 aliphatic carbocycles. The Morgan fingerprint density at radius 2 is 2.26 bits per heavy atom. The number of rotatable bonds is 3. The lowest BCUT2D eigenvalue weighted by molar-refractivity contribution is 0.281. The van der Waals surface area contributed by atoms with Crippen LogP contribution in [0.15, 0.2) is 23.1 Å². The Morgan fingerprint density at radius 3 is 2.84 bits per heavy atom. The van der Waals surface area contributed by atoms with Gasteiger partial charge in [0.1, 0.15) is 10.7 Å². The van der Waals surface area contributed by atoms with Gasteiger partial charge in [-0.1, -0.05) is 6.07 Å². The third-order valence-electron chi connectivity index (χ3n) is 3.07. The summed E-state index contributed by atoms with van der Waals surface area (Å²) in [5, 5.41) is 8.92. The molecule has 1 heterocycles. The van der Waals surface area contributed by atoms with Gasteiger partial charge in [0.05, 0.1) is 6.61 Å². The lowest BCUT2D eigenvalue weighted by atomic mass is 10.2. The number of aliphatic hydroxyl groups excluding tert-OH is 1. The highest BCUT2D eigenvalue weighted by Gasteiger charge is 2.33. The Hall–Kier alpha value is -0.630. The smallest absolute Gasteiger partial charge is 0.246 e. The second-order valence-corrected chi connectivity index (χ2v) is 7.47. The molecule has 0 saturated carbocycles. The van der Waals surface area contributed by atoms with Crippen LogP contribution in [0.4, 0.5) is 4.39 Å². The molecular formula is C12H16FNO3S2. The van der Waals surface area contributed by atoms with E-state index in [0.717, 1.165) is 17.6 Å². The molecule has 1 atom stereocenters. The van der Waals surface area contributed by atoms with Gasteiger partial charge in [0.25, 0.3) is 0 Å². The fourth-order valence-corrected chi connectivity index (χ4v) is 4.95. The molecule has 0 amide bonds. The number of hydrogen-bond donors (Lipinski definition) is 1. The standard InChI is InChI=1S/C12H16FNO3S2/c1-9-8-18-5-4-14(9)19(16,17)12-3-2-10(7-15)6-11(12)13/h2-3,6,9,15H,4-5,7-8H2,1H3. The largest absolute Gasteiger partial charge is 0.392 e. The topological polar surface area (TPSA) is 57.6 Å². The summed E-state index contributed by atoms with van der Waals surface area (Å²) in [5.41, 5.74) is 0.360. The van der Waals surface area contributed by atoms with Gasteiger partial charge in [-0.05, 0) is 24.6 Å². The summed E-state index contributed by atoms with van der Waals surface area (Å²) in [6, 6.07) is 3.58. The number of nitrogens with zero attached hydrogens (tertiary/aromatic N) is 1. The number of hydrogen-bond acceptors (Lipinski definition) is 4. The first-order valence-corrected chi connectivity index (χ1v) is 8.55. The average Bonchev–Trinajstić information content (AvgIpc) is 2.38. The highest BCUT2D eigenvalue weighted by molar-refractivity contribution is 7.99. The minimum Gasteiger partial charge on any atom is -0.392 e. The molecule has 1 aliphatic heterocycles. The van der Waals surface area contributed by atoms with Crippen molar-refractivity contribution in [2.24, 2.45) is 0 Å². The molecule has 0 aromatic heterocycles. The third-order valence-corrected chi connectivity index (χ3v) is 6.31. The molecule has 0 spiro atoms. The molecule has 2 rings (SSSR count). The van der Waals surface area contributed by atoms with Crippen LogP contribution in [0, 0.1) is 5.82 Å². The van der Waals surface area contributed by atoms with E-state index in [2.05, 4.69) is 0 Å². The summed E-state index contributed by atoms with van der Waals surface area (Å²) in [6.07, 6.45) is 0. The Labute approximate surface area is 116 Å². The number of thioether (sulfide) groups is 1. The highest BCUT2D eigenvalue weighted by atomic mass is 32.2. The van der Waals surface area contributed by atoms with Crippen molar-refractivity contribution in [1.82, 2.24) is 4.31 Å². The van der Waals surface area contributed by atoms with Crippen LogP contribution >= 0.6 is 11.8 Å². The highest BCUT2D eigenvalue weighted by Crippen LogP contribution is 2.26. The van der Waals surface area contributed by atoms with Crippen LogP contribution in [-0.4, -0.2) is 41.9 Å². The van der Waals surface area contributed by atoms with Gasteiger partial charge in [0, 0.05) is 24.1 Å². The van der Waals surface area contributed by atoms with Gasteiger partial charge in [-0.15, -0.1) is 0 Å². The SMILES string of the molecule is CC1CSCCN1S(=O)(=O)c1ccc(CO)cc1F. The van der Waals surface area contributed by atoms with E-state index in [1.165, 1.54) is 16.4 Å². The molecule has 1 aromatic rings. The maximum Gasteiger partial charge on any atom is 0.246 e. The molecule has 1 fully saturated rings. The van der Waals surface area contributed by atoms with Gasteiger partial charge in [-0.2, -0.15) is 16.1 Å². The van der Waals surface area contributed by atoms with Crippen molar-refractivity contribution < 1.29 is 17.9 Å². The first-order chi connectivity index (χ1) is 8.96. The predicted molar refractivity (Wildman–Crippen MR) is 73.0 cm³/mol. The lowest BCUT2D eigenvalue weighted by Crippen LogP contribution is -2.44. The number of sulfonamides is 1. The Morgan fingerprint density at radius 1 is 1.53 bits per heavy atom. The van der Waals surface area contributed by atoms with Crippen molar-refractivity contribution in [3.8, 4) is 0 Å². The molecule has 7 heteroatoms. The molecule has 0 radical (unpaired) electrons. The average molecular weight is 305 g/mol. The quantitative estimate of drug-likeness (QED) is 0.918. The van der Waals surface area contributed by atoms with E-state index in [-0.39, 0.29) is 17.5 Å². The minimum atomic E-state index is -3.80. The van der Waals surface area contributed by atoms with Crippen LogP contribution in [0.1, 0.15) is 12.5 Å². The van der Waals surface area contributed by atoms with Gasteiger partial charge in [-0.25, -0.2) is 12.8 Å². The van der Waals surface area contributed by atoms with Crippen LogP contribution in [0.25, 0.3) is 0 Å². The normalized spacial score (nSPS) is 21.5. The third kappa shape index (κ3) is 2.94. The van der Waals surface area contributed by atoms with Gasteiger partial charge in [0.15, 0.2) is 0 Å². The van der Waals surface area contributed by atoms with Gasteiger partial charge < -0.3 is 5.11 Å². The molecule has 4 nitrogen and oxygen atoms in total. The Kier molecular flexibility index (Phi) is 4.50. The van der Waals surface area contributed by atoms with Crippen molar-refractivity contribution in [1.29, 1.82) is 0 Å². The zero-order chi connectivity index (χ0) is 14.0. The Bertz CT molecular complexity index is 562. The zero-order valence-electron chi connectivity index (χ0n) is 10.5. The van der Waals surface area contributed by atoms with Gasteiger partial charge in [-0.3, -0.25) is 0 Å². The molecule has 1 saturated heterocycles. The summed E-state index contributed by atoms with van der Waals surface area (Å²) < 4.78 is 40.1.